The summed E-state index contributed by atoms with van der Waals surface area (Å²) >= 11 is 0. The van der Waals surface area contributed by atoms with Gasteiger partial charge in [-0.2, -0.15) is 0 Å². The van der Waals surface area contributed by atoms with Crippen molar-refractivity contribution >= 4 is 5.91 Å². The van der Waals surface area contributed by atoms with Crippen LogP contribution in [-0.4, -0.2) is 59.2 Å². The van der Waals surface area contributed by atoms with Crippen molar-refractivity contribution < 1.29 is 14.6 Å². The molecule has 1 amide bonds. The summed E-state index contributed by atoms with van der Waals surface area (Å²) in [7, 11) is 1.85. The topological polar surface area (TPSA) is 53.0 Å². The summed E-state index contributed by atoms with van der Waals surface area (Å²) in [5.41, 5.74) is 1.01. The first-order valence-electron chi connectivity index (χ1n) is 8.70. The number of hydrogen-bond donors (Lipinski definition) is 1. The van der Waals surface area contributed by atoms with E-state index in [4.69, 9.17) is 4.74 Å². The summed E-state index contributed by atoms with van der Waals surface area (Å²) in [6.07, 6.45) is 0.287. The number of rotatable bonds is 5. The van der Waals surface area contributed by atoms with Crippen LogP contribution in [0.3, 0.4) is 0 Å². The van der Waals surface area contributed by atoms with Crippen molar-refractivity contribution in [3.63, 3.8) is 0 Å². The van der Waals surface area contributed by atoms with Gasteiger partial charge in [0.1, 0.15) is 5.75 Å². The van der Waals surface area contributed by atoms with E-state index in [0.717, 1.165) is 18.7 Å². The number of aromatic hydroxyl groups is 1. The van der Waals surface area contributed by atoms with Gasteiger partial charge >= 0.3 is 0 Å². The molecule has 0 spiro atoms. The standard InChI is InChI=1S/C19H30N2O3/c1-13(2)18(21-10-14(3)24-15(4)11-21)19(23)20(5)12-16-6-8-17(22)9-7-16/h6-9,13-15,18,22H,10-12H2,1-5H3. The van der Waals surface area contributed by atoms with E-state index >= 15 is 0 Å². The van der Waals surface area contributed by atoms with E-state index < -0.39 is 0 Å². The third-order valence-electron chi connectivity index (χ3n) is 4.46. The van der Waals surface area contributed by atoms with Gasteiger partial charge in [0, 0.05) is 26.7 Å². The Morgan fingerprint density at radius 2 is 1.79 bits per heavy atom. The van der Waals surface area contributed by atoms with Crippen molar-refractivity contribution in [2.24, 2.45) is 5.92 Å². The van der Waals surface area contributed by atoms with E-state index in [0.29, 0.717) is 6.54 Å². The average molecular weight is 334 g/mol. The van der Waals surface area contributed by atoms with Gasteiger partial charge in [0.05, 0.1) is 18.2 Å². The molecule has 2 rings (SSSR count). The summed E-state index contributed by atoms with van der Waals surface area (Å²) in [5.74, 6) is 0.612. The predicted molar refractivity (Wildman–Crippen MR) is 94.8 cm³/mol. The molecule has 1 fully saturated rings. The Kier molecular flexibility index (Phi) is 6.24. The first kappa shape index (κ1) is 18.7. The molecule has 1 aromatic carbocycles. The zero-order chi connectivity index (χ0) is 17.9. The highest BCUT2D eigenvalue weighted by Gasteiger charge is 2.35. The van der Waals surface area contributed by atoms with Crippen LogP contribution in [-0.2, 0) is 16.1 Å². The molecule has 134 valence electrons. The minimum Gasteiger partial charge on any atom is -0.508 e. The van der Waals surface area contributed by atoms with Crippen molar-refractivity contribution in [2.75, 3.05) is 20.1 Å². The van der Waals surface area contributed by atoms with E-state index in [-0.39, 0.29) is 35.8 Å². The lowest BCUT2D eigenvalue weighted by atomic mass is 9.99. The molecule has 1 aliphatic heterocycles. The fourth-order valence-corrected chi connectivity index (χ4v) is 3.49. The van der Waals surface area contributed by atoms with Crippen molar-refractivity contribution in [2.45, 2.75) is 52.5 Å². The summed E-state index contributed by atoms with van der Waals surface area (Å²) in [4.78, 5) is 17.1. The number of likely N-dealkylation sites (N-methyl/N-ethyl adjacent to an activating group) is 1. The number of nitrogens with zero attached hydrogens (tertiary/aromatic N) is 2. The number of phenols is 1. The van der Waals surface area contributed by atoms with E-state index in [2.05, 4.69) is 32.6 Å². The van der Waals surface area contributed by atoms with Crippen LogP contribution in [0.4, 0.5) is 0 Å². The molecule has 5 nitrogen and oxygen atoms in total. The van der Waals surface area contributed by atoms with E-state index in [9.17, 15) is 9.90 Å². The van der Waals surface area contributed by atoms with Gasteiger partial charge in [-0.05, 0) is 37.5 Å². The van der Waals surface area contributed by atoms with Crippen LogP contribution < -0.4 is 0 Å². The zero-order valence-corrected chi connectivity index (χ0v) is 15.4. The molecule has 0 saturated carbocycles. The van der Waals surface area contributed by atoms with Crippen LogP contribution in [0.1, 0.15) is 33.3 Å². The molecule has 3 atom stereocenters. The first-order valence-corrected chi connectivity index (χ1v) is 8.70. The third kappa shape index (κ3) is 4.71. The molecule has 0 aliphatic carbocycles. The number of morpholine rings is 1. The highest BCUT2D eigenvalue weighted by atomic mass is 16.5. The van der Waals surface area contributed by atoms with Crippen molar-refractivity contribution in [1.29, 1.82) is 0 Å². The monoisotopic (exact) mass is 334 g/mol. The molecule has 0 aromatic heterocycles. The summed E-state index contributed by atoms with van der Waals surface area (Å²) in [5, 5.41) is 9.38. The molecule has 24 heavy (non-hydrogen) atoms. The Morgan fingerprint density at radius 3 is 2.29 bits per heavy atom. The number of carbonyl (C=O) groups excluding carboxylic acids is 1. The van der Waals surface area contributed by atoms with Gasteiger partial charge in [0.15, 0.2) is 0 Å². The van der Waals surface area contributed by atoms with Crippen LogP contribution in [0.15, 0.2) is 24.3 Å². The van der Waals surface area contributed by atoms with Gasteiger partial charge in [-0.25, -0.2) is 0 Å². The van der Waals surface area contributed by atoms with Crippen LogP contribution >= 0.6 is 0 Å². The number of carbonyl (C=O) groups is 1. The van der Waals surface area contributed by atoms with Gasteiger partial charge in [0.2, 0.25) is 5.91 Å². The summed E-state index contributed by atoms with van der Waals surface area (Å²) < 4.78 is 5.80. The lowest BCUT2D eigenvalue weighted by Crippen LogP contribution is -2.57. The molecule has 0 radical (unpaired) electrons. The van der Waals surface area contributed by atoms with Crippen LogP contribution in [0, 0.1) is 5.92 Å². The molecule has 5 heteroatoms. The molecular weight excluding hydrogens is 304 g/mol. The van der Waals surface area contributed by atoms with E-state index in [1.807, 2.05) is 19.2 Å². The number of ether oxygens (including phenoxy) is 1. The van der Waals surface area contributed by atoms with Gasteiger partial charge in [0.25, 0.3) is 0 Å². The summed E-state index contributed by atoms with van der Waals surface area (Å²) in [6, 6.07) is 6.86. The molecule has 1 saturated heterocycles. The van der Waals surface area contributed by atoms with E-state index in [1.165, 1.54) is 0 Å². The number of hydrogen-bond acceptors (Lipinski definition) is 4. The molecule has 3 unspecified atom stereocenters. The molecule has 1 aliphatic rings. The molecule has 1 heterocycles. The fourth-order valence-electron chi connectivity index (χ4n) is 3.49. The van der Waals surface area contributed by atoms with Crippen molar-refractivity contribution in [3.05, 3.63) is 29.8 Å². The molecule has 1 aromatic rings. The normalized spacial score (nSPS) is 23.2. The second kappa shape index (κ2) is 7.99. The quantitative estimate of drug-likeness (QED) is 0.899. The minimum absolute atomic E-state index is 0.138. The Labute approximate surface area is 145 Å². The number of amides is 1. The predicted octanol–water partition coefficient (Wildman–Crippen LogP) is 2.48. The first-order chi connectivity index (χ1) is 11.3. The van der Waals surface area contributed by atoms with Gasteiger partial charge in [-0.1, -0.05) is 26.0 Å². The lowest BCUT2D eigenvalue weighted by molar-refractivity contribution is -0.144. The van der Waals surface area contributed by atoms with Gasteiger partial charge in [-0.3, -0.25) is 9.69 Å². The number of phenolic OH excluding ortho intramolecular Hbond substituents is 1. The maximum Gasteiger partial charge on any atom is 0.240 e. The van der Waals surface area contributed by atoms with E-state index in [1.54, 1.807) is 17.0 Å². The maximum atomic E-state index is 13.1. The second-order valence-electron chi connectivity index (χ2n) is 7.26. The van der Waals surface area contributed by atoms with Gasteiger partial charge in [-0.15, -0.1) is 0 Å². The molecule has 0 bridgehead atoms. The number of benzene rings is 1. The van der Waals surface area contributed by atoms with Crippen LogP contribution in [0.2, 0.25) is 0 Å². The molecular formula is C19H30N2O3. The molecule has 1 N–H and O–H groups in total. The van der Waals surface area contributed by atoms with Gasteiger partial charge < -0.3 is 14.7 Å². The lowest BCUT2D eigenvalue weighted by Gasteiger charge is -2.42. The van der Waals surface area contributed by atoms with Crippen molar-refractivity contribution in [1.82, 2.24) is 9.80 Å². The maximum absolute atomic E-state index is 13.1. The van der Waals surface area contributed by atoms with Crippen LogP contribution in [0.5, 0.6) is 5.75 Å². The average Bonchev–Trinajstić information content (AvgIpc) is 2.48. The Balaban J connectivity index is 2.08. The fraction of sp³-hybridized carbons (Fsp3) is 0.632. The Hall–Kier alpha value is -1.59. The Bertz CT molecular complexity index is 534. The minimum atomic E-state index is -0.138. The Morgan fingerprint density at radius 1 is 1.25 bits per heavy atom. The second-order valence-corrected chi connectivity index (χ2v) is 7.26. The third-order valence-corrected chi connectivity index (χ3v) is 4.46. The SMILES string of the molecule is CC1CN(C(C(=O)N(C)Cc2ccc(O)cc2)C(C)C)CC(C)O1. The summed E-state index contributed by atoms with van der Waals surface area (Å²) in [6.45, 7) is 10.4. The van der Waals surface area contributed by atoms with Crippen molar-refractivity contribution in [3.8, 4) is 5.75 Å². The highest BCUT2D eigenvalue weighted by Crippen LogP contribution is 2.21. The zero-order valence-electron chi connectivity index (χ0n) is 15.4. The smallest absolute Gasteiger partial charge is 0.240 e. The van der Waals surface area contributed by atoms with Crippen LogP contribution in [0.25, 0.3) is 0 Å². The largest absolute Gasteiger partial charge is 0.508 e. The highest BCUT2D eigenvalue weighted by molar-refractivity contribution is 5.82.